The lowest BCUT2D eigenvalue weighted by Gasteiger charge is -2.33. The second kappa shape index (κ2) is 9.74. The number of carbonyl (C=O) groups is 2. The first kappa shape index (κ1) is 22.7. The van der Waals surface area contributed by atoms with Crippen molar-refractivity contribution in [3.05, 3.63) is 18.0 Å². The van der Waals surface area contributed by atoms with Gasteiger partial charge in [-0.05, 0) is 44.2 Å². The van der Waals surface area contributed by atoms with E-state index >= 15 is 0 Å². The molecule has 3 rings (SSSR count). The Morgan fingerprint density at radius 2 is 2.07 bits per heavy atom. The molecule has 0 spiro atoms. The fraction of sp³-hybridized carbons (Fsp3) is 0.750. The van der Waals surface area contributed by atoms with E-state index in [1.54, 1.807) is 0 Å². The van der Waals surface area contributed by atoms with E-state index in [2.05, 4.69) is 15.7 Å². The standard InChI is InChI=1S/C20H33N5O2.ClH/c1-20(2,3)19(27)22-12-15-6-5-10-24(14-15)18(26)17-8-11-25(23-17)16-7-4-9-21-13-16;/h8,11,15-16,21H,4-7,9-10,12-14H2,1-3H3,(H,22,27);1H. The number of rotatable bonds is 4. The number of hydrogen-bond donors (Lipinski definition) is 2. The summed E-state index contributed by atoms with van der Waals surface area (Å²) in [5, 5.41) is 11.0. The number of nitrogens with one attached hydrogen (secondary N) is 2. The van der Waals surface area contributed by atoms with Crippen LogP contribution >= 0.6 is 12.4 Å². The van der Waals surface area contributed by atoms with Crippen LogP contribution in [0.25, 0.3) is 0 Å². The number of hydrogen-bond acceptors (Lipinski definition) is 4. The van der Waals surface area contributed by atoms with Gasteiger partial charge in [0.2, 0.25) is 5.91 Å². The van der Waals surface area contributed by atoms with Gasteiger partial charge in [0, 0.05) is 37.8 Å². The molecule has 1 aromatic rings. The molecule has 2 fully saturated rings. The number of likely N-dealkylation sites (tertiary alicyclic amines) is 1. The van der Waals surface area contributed by atoms with Gasteiger partial charge < -0.3 is 15.5 Å². The fourth-order valence-electron chi connectivity index (χ4n) is 3.80. The Morgan fingerprint density at radius 1 is 1.29 bits per heavy atom. The van der Waals surface area contributed by atoms with Crippen LogP contribution in [0.2, 0.25) is 0 Å². The summed E-state index contributed by atoms with van der Waals surface area (Å²) >= 11 is 0. The molecule has 2 atom stereocenters. The predicted molar refractivity (Wildman–Crippen MR) is 112 cm³/mol. The van der Waals surface area contributed by atoms with Gasteiger partial charge in [0.25, 0.3) is 5.91 Å². The molecule has 8 heteroatoms. The normalized spacial score (nSPS) is 23.0. The van der Waals surface area contributed by atoms with Crippen molar-refractivity contribution in [1.29, 1.82) is 0 Å². The average Bonchev–Trinajstić information content (AvgIpc) is 3.16. The van der Waals surface area contributed by atoms with Gasteiger partial charge in [0.05, 0.1) is 6.04 Å². The molecule has 2 amide bonds. The molecule has 0 bridgehead atoms. The lowest BCUT2D eigenvalue weighted by molar-refractivity contribution is -0.128. The van der Waals surface area contributed by atoms with E-state index in [4.69, 9.17) is 0 Å². The molecule has 2 aliphatic heterocycles. The zero-order valence-corrected chi connectivity index (χ0v) is 18.1. The second-order valence-electron chi connectivity index (χ2n) is 8.90. The number of carbonyl (C=O) groups excluding carboxylic acids is 2. The van der Waals surface area contributed by atoms with Gasteiger partial charge >= 0.3 is 0 Å². The van der Waals surface area contributed by atoms with Crippen LogP contribution in [0.15, 0.2) is 12.3 Å². The van der Waals surface area contributed by atoms with Crippen LogP contribution in [0.5, 0.6) is 0 Å². The smallest absolute Gasteiger partial charge is 0.274 e. The maximum Gasteiger partial charge on any atom is 0.274 e. The molecule has 2 aliphatic rings. The first-order valence-electron chi connectivity index (χ1n) is 10.2. The molecular formula is C20H34ClN5O2. The van der Waals surface area contributed by atoms with Crippen LogP contribution in [0.3, 0.4) is 0 Å². The van der Waals surface area contributed by atoms with Gasteiger partial charge in [0.15, 0.2) is 0 Å². The summed E-state index contributed by atoms with van der Waals surface area (Å²) in [6.45, 7) is 9.79. The van der Waals surface area contributed by atoms with Crippen LogP contribution in [0.4, 0.5) is 0 Å². The molecule has 1 aromatic heterocycles. The van der Waals surface area contributed by atoms with Crippen LogP contribution in [-0.2, 0) is 4.79 Å². The van der Waals surface area contributed by atoms with E-state index in [0.29, 0.717) is 30.7 Å². The molecule has 0 radical (unpaired) electrons. The van der Waals surface area contributed by atoms with Crippen molar-refractivity contribution < 1.29 is 9.59 Å². The van der Waals surface area contributed by atoms with Gasteiger partial charge in [-0.25, -0.2) is 0 Å². The Kier molecular flexibility index (Phi) is 7.89. The second-order valence-corrected chi connectivity index (χ2v) is 8.90. The first-order chi connectivity index (χ1) is 12.8. The lowest BCUT2D eigenvalue weighted by Crippen LogP contribution is -2.45. The number of amides is 2. The Labute approximate surface area is 174 Å². The van der Waals surface area contributed by atoms with Gasteiger partial charge in [-0.2, -0.15) is 5.10 Å². The third kappa shape index (κ3) is 5.70. The van der Waals surface area contributed by atoms with Gasteiger partial charge in [-0.3, -0.25) is 14.3 Å². The van der Waals surface area contributed by atoms with Crippen LogP contribution in [-0.4, -0.2) is 59.2 Å². The minimum atomic E-state index is -0.384. The quantitative estimate of drug-likeness (QED) is 0.796. The molecule has 0 aromatic carbocycles. The lowest BCUT2D eigenvalue weighted by atomic mass is 9.94. The molecule has 158 valence electrons. The van der Waals surface area contributed by atoms with Crippen molar-refractivity contribution in [2.45, 2.75) is 52.5 Å². The van der Waals surface area contributed by atoms with E-state index in [9.17, 15) is 9.59 Å². The zero-order chi connectivity index (χ0) is 19.4. The van der Waals surface area contributed by atoms with Gasteiger partial charge in [-0.15, -0.1) is 12.4 Å². The van der Waals surface area contributed by atoms with Crippen molar-refractivity contribution in [1.82, 2.24) is 25.3 Å². The zero-order valence-electron chi connectivity index (χ0n) is 17.2. The summed E-state index contributed by atoms with van der Waals surface area (Å²) in [6, 6.07) is 2.17. The van der Waals surface area contributed by atoms with E-state index < -0.39 is 0 Å². The predicted octanol–water partition coefficient (Wildman–Crippen LogP) is 2.24. The monoisotopic (exact) mass is 411 g/mol. The fourth-order valence-corrected chi connectivity index (χ4v) is 3.80. The Morgan fingerprint density at radius 3 is 2.75 bits per heavy atom. The Bertz CT molecular complexity index is 664. The molecular weight excluding hydrogens is 378 g/mol. The number of aromatic nitrogens is 2. The highest BCUT2D eigenvalue weighted by Crippen LogP contribution is 2.20. The highest BCUT2D eigenvalue weighted by atomic mass is 35.5. The van der Waals surface area contributed by atoms with E-state index in [1.807, 2.05) is 42.6 Å². The average molecular weight is 412 g/mol. The van der Waals surface area contributed by atoms with E-state index in [1.165, 1.54) is 0 Å². The topological polar surface area (TPSA) is 79.3 Å². The van der Waals surface area contributed by atoms with Crippen molar-refractivity contribution in [3.63, 3.8) is 0 Å². The van der Waals surface area contributed by atoms with Crippen molar-refractivity contribution in [3.8, 4) is 0 Å². The molecule has 7 nitrogen and oxygen atoms in total. The van der Waals surface area contributed by atoms with Crippen LogP contribution < -0.4 is 10.6 Å². The summed E-state index contributed by atoms with van der Waals surface area (Å²) in [5.41, 5.74) is 0.144. The summed E-state index contributed by atoms with van der Waals surface area (Å²) < 4.78 is 1.93. The van der Waals surface area contributed by atoms with Crippen molar-refractivity contribution in [2.24, 2.45) is 11.3 Å². The summed E-state index contributed by atoms with van der Waals surface area (Å²) in [4.78, 5) is 26.9. The minimum absolute atomic E-state index is 0. The first-order valence-corrected chi connectivity index (χ1v) is 10.2. The number of halogens is 1. The highest BCUT2D eigenvalue weighted by Gasteiger charge is 2.28. The van der Waals surface area contributed by atoms with E-state index in [0.717, 1.165) is 45.3 Å². The summed E-state index contributed by atoms with van der Waals surface area (Å²) in [6.07, 6.45) is 6.17. The largest absolute Gasteiger partial charge is 0.355 e. The molecule has 2 unspecified atom stereocenters. The van der Waals surface area contributed by atoms with Gasteiger partial charge in [-0.1, -0.05) is 20.8 Å². The maximum absolute atomic E-state index is 12.9. The van der Waals surface area contributed by atoms with Crippen LogP contribution in [0.1, 0.15) is 63.0 Å². The SMILES string of the molecule is CC(C)(C)C(=O)NCC1CCCN(C(=O)c2ccn(C3CCCNC3)n2)C1.Cl. The molecule has 3 heterocycles. The molecule has 0 aliphatic carbocycles. The number of nitrogens with zero attached hydrogens (tertiary/aromatic N) is 3. The molecule has 2 saturated heterocycles. The Hall–Kier alpha value is -1.60. The van der Waals surface area contributed by atoms with E-state index in [-0.39, 0.29) is 29.6 Å². The third-order valence-electron chi connectivity index (χ3n) is 5.51. The molecule has 2 N–H and O–H groups in total. The third-order valence-corrected chi connectivity index (χ3v) is 5.51. The Balaban J connectivity index is 0.00000280. The van der Waals surface area contributed by atoms with Crippen molar-refractivity contribution in [2.75, 3.05) is 32.7 Å². The highest BCUT2D eigenvalue weighted by molar-refractivity contribution is 5.92. The van der Waals surface area contributed by atoms with Crippen LogP contribution in [0, 0.1) is 11.3 Å². The number of piperidine rings is 2. The molecule has 0 saturated carbocycles. The molecule has 28 heavy (non-hydrogen) atoms. The summed E-state index contributed by atoms with van der Waals surface area (Å²) in [5.74, 6) is 0.369. The van der Waals surface area contributed by atoms with Gasteiger partial charge in [0.1, 0.15) is 5.69 Å². The maximum atomic E-state index is 12.9. The minimum Gasteiger partial charge on any atom is -0.355 e. The summed E-state index contributed by atoms with van der Waals surface area (Å²) in [7, 11) is 0. The van der Waals surface area contributed by atoms with Crippen molar-refractivity contribution >= 4 is 24.2 Å².